The van der Waals surface area contributed by atoms with Crippen molar-refractivity contribution in [3.63, 3.8) is 0 Å². The van der Waals surface area contributed by atoms with E-state index < -0.39 is 0 Å². The zero-order chi connectivity index (χ0) is 11.3. The second-order valence-electron chi connectivity index (χ2n) is 5.40. The van der Waals surface area contributed by atoms with Crippen molar-refractivity contribution in [3.05, 3.63) is 0 Å². The van der Waals surface area contributed by atoms with Gasteiger partial charge in [-0.15, -0.1) is 0 Å². The first-order valence-corrected chi connectivity index (χ1v) is 6.54. The molecule has 1 fully saturated rings. The van der Waals surface area contributed by atoms with Gasteiger partial charge in [0.15, 0.2) is 0 Å². The van der Waals surface area contributed by atoms with Gasteiger partial charge in [0.1, 0.15) is 0 Å². The zero-order valence-corrected chi connectivity index (χ0v) is 11.0. The van der Waals surface area contributed by atoms with Gasteiger partial charge in [-0.25, -0.2) is 0 Å². The molecule has 2 nitrogen and oxygen atoms in total. The summed E-state index contributed by atoms with van der Waals surface area (Å²) in [5.74, 6) is 0. The van der Waals surface area contributed by atoms with Crippen LogP contribution in [-0.2, 0) is 0 Å². The SMILES string of the molecule is CCCN(CC(C)(CC)CNC)C1CC1. The first-order valence-electron chi connectivity index (χ1n) is 6.54. The van der Waals surface area contributed by atoms with Crippen molar-refractivity contribution in [1.82, 2.24) is 10.2 Å². The molecule has 0 amide bonds. The first-order chi connectivity index (χ1) is 7.15. The van der Waals surface area contributed by atoms with Gasteiger partial charge in [-0.3, -0.25) is 4.90 Å². The van der Waals surface area contributed by atoms with Crippen LogP contribution in [0.2, 0.25) is 0 Å². The van der Waals surface area contributed by atoms with Gasteiger partial charge in [-0.05, 0) is 44.7 Å². The Balaban J connectivity index is 2.45. The first kappa shape index (κ1) is 13.0. The van der Waals surface area contributed by atoms with E-state index in [9.17, 15) is 0 Å². The third kappa shape index (κ3) is 4.12. The highest BCUT2D eigenvalue weighted by molar-refractivity contribution is 4.88. The van der Waals surface area contributed by atoms with Crippen LogP contribution in [0.1, 0.15) is 46.5 Å². The van der Waals surface area contributed by atoms with Gasteiger partial charge in [0, 0.05) is 19.1 Å². The van der Waals surface area contributed by atoms with Crippen LogP contribution >= 0.6 is 0 Å². The van der Waals surface area contributed by atoms with Crippen LogP contribution in [0.25, 0.3) is 0 Å². The fourth-order valence-corrected chi connectivity index (χ4v) is 2.33. The van der Waals surface area contributed by atoms with E-state index in [0.717, 1.165) is 12.6 Å². The number of nitrogens with zero attached hydrogens (tertiary/aromatic N) is 1. The summed E-state index contributed by atoms with van der Waals surface area (Å²) in [4.78, 5) is 2.71. The zero-order valence-electron chi connectivity index (χ0n) is 11.0. The standard InChI is InChI=1S/C13H28N2/c1-5-9-15(12-7-8-12)11-13(3,6-2)10-14-4/h12,14H,5-11H2,1-4H3. The lowest BCUT2D eigenvalue weighted by atomic mass is 9.86. The van der Waals surface area contributed by atoms with Crippen molar-refractivity contribution in [1.29, 1.82) is 0 Å². The Bertz CT molecular complexity index is 177. The van der Waals surface area contributed by atoms with Crippen LogP contribution in [0.5, 0.6) is 0 Å². The predicted octanol–water partition coefficient (Wildman–Crippen LogP) is 2.50. The Hall–Kier alpha value is -0.0800. The lowest BCUT2D eigenvalue weighted by molar-refractivity contribution is 0.150. The Morgan fingerprint density at radius 3 is 2.40 bits per heavy atom. The van der Waals surface area contributed by atoms with Crippen LogP contribution in [0.3, 0.4) is 0 Å². The smallest absolute Gasteiger partial charge is 0.00966 e. The van der Waals surface area contributed by atoms with Crippen LogP contribution in [-0.4, -0.2) is 37.6 Å². The molecule has 1 aliphatic rings. The minimum Gasteiger partial charge on any atom is -0.319 e. The maximum Gasteiger partial charge on any atom is 0.00966 e. The van der Waals surface area contributed by atoms with Crippen molar-refractivity contribution in [2.75, 3.05) is 26.7 Å². The highest BCUT2D eigenvalue weighted by Crippen LogP contribution is 2.31. The molecular formula is C13H28N2. The lowest BCUT2D eigenvalue weighted by Crippen LogP contribution is -2.42. The maximum absolute atomic E-state index is 3.34. The van der Waals surface area contributed by atoms with Crippen LogP contribution in [0.15, 0.2) is 0 Å². The quantitative estimate of drug-likeness (QED) is 0.665. The van der Waals surface area contributed by atoms with E-state index in [1.165, 1.54) is 38.8 Å². The summed E-state index contributed by atoms with van der Waals surface area (Å²) in [6.07, 6.45) is 5.41. The van der Waals surface area contributed by atoms with E-state index in [1.807, 2.05) is 0 Å². The van der Waals surface area contributed by atoms with Crippen molar-refractivity contribution in [3.8, 4) is 0 Å². The van der Waals surface area contributed by atoms with Crippen molar-refractivity contribution < 1.29 is 0 Å². The molecule has 15 heavy (non-hydrogen) atoms. The van der Waals surface area contributed by atoms with Crippen molar-refractivity contribution >= 4 is 0 Å². The summed E-state index contributed by atoms with van der Waals surface area (Å²) in [7, 11) is 2.06. The molecule has 1 aliphatic carbocycles. The maximum atomic E-state index is 3.34. The Morgan fingerprint density at radius 2 is 2.00 bits per heavy atom. The highest BCUT2D eigenvalue weighted by Gasteiger charge is 2.33. The lowest BCUT2D eigenvalue weighted by Gasteiger charge is -2.35. The largest absolute Gasteiger partial charge is 0.319 e. The molecule has 1 atom stereocenters. The summed E-state index contributed by atoms with van der Waals surface area (Å²) < 4.78 is 0. The molecule has 0 aromatic rings. The van der Waals surface area contributed by atoms with E-state index in [4.69, 9.17) is 0 Å². The summed E-state index contributed by atoms with van der Waals surface area (Å²) in [5, 5.41) is 3.34. The predicted molar refractivity (Wildman–Crippen MR) is 67.2 cm³/mol. The normalized spacial score (nSPS) is 20.6. The fraction of sp³-hybridized carbons (Fsp3) is 1.00. The number of rotatable bonds is 8. The highest BCUT2D eigenvalue weighted by atomic mass is 15.2. The molecule has 0 heterocycles. The second-order valence-corrected chi connectivity index (χ2v) is 5.40. The average molecular weight is 212 g/mol. The number of nitrogens with one attached hydrogen (secondary N) is 1. The summed E-state index contributed by atoms with van der Waals surface area (Å²) in [6.45, 7) is 10.7. The third-order valence-electron chi connectivity index (χ3n) is 3.62. The molecule has 90 valence electrons. The Labute approximate surface area is 95.4 Å². The van der Waals surface area contributed by atoms with Gasteiger partial charge in [0.25, 0.3) is 0 Å². The van der Waals surface area contributed by atoms with Gasteiger partial charge >= 0.3 is 0 Å². The molecule has 1 N–H and O–H groups in total. The molecule has 0 aromatic carbocycles. The molecule has 0 bridgehead atoms. The third-order valence-corrected chi connectivity index (χ3v) is 3.62. The fourth-order valence-electron chi connectivity index (χ4n) is 2.33. The number of hydrogen-bond donors (Lipinski definition) is 1. The molecule has 0 aromatic heterocycles. The molecular weight excluding hydrogens is 184 g/mol. The van der Waals surface area contributed by atoms with Crippen LogP contribution < -0.4 is 5.32 Å². The van der Waals surface area contributed by atoms with E-state index in [2.05, 4.69) is 38.0 Å². The summed E-state index contributed by atoms with van der Waals surface area (Å²) in [6, 6.07) is 0.910. The van der Waals surface area contributed by atoms with Gasteiger partial charge < -0.3 is 5.32 Å². The topological polar surface area (TPSA) is 15.3 Å². The molecule has 1 unspecified atom stereocenters. The van der Waals surface area contributed by atoms with Gasteiger partial charge in [0.2, 0.25) is 0 Å². The molecule has 2 heteroatoms. The van der Waals surface area contributed by atoms with E-state index in [0.29, 0.717) is 5.41 Å². The summed E-state index contributed by atoms with van der Waals surface area (Å²) >= 11 is 0. The number of hydrogen-bond acceptors (Lipinski definition) is 2. The van der Waals surface area contributed by atoms with Crippen molar-refractivity contribution in [2.45, 2.75) is 52.5 Å². The Morgan fingerprint density at radius 1 is 1.33 bits per heavy atom. The monoisotopic (exact) mass is 212 g/mol. The van der Waals surface area contributed by atoms with Gasteiger partial charge in [-0.1, -0.05) is 20.8 Å². The molecule has 0 aliphatic heterocycles. The van der Waals surface area contributed by atoms with E-state index in [1.54, 1.807) is 0 Å². The van der Waals surface area contributed by atoms with E-state index >= 15 is 0 Å². The molecule has 0 spiro atoms. The second kappa shape index (κ2) is 5.86. The Kier molecular flexibility index (Phi) is 5.07. The van der Waals surface area contributed by atoms with Gasteiger partial charge in [-0.2, -0.15) is 0 Å². The van der Waals surface area contributed by atoms with E-state index in [-0.39, 0.29) is 0 Å². The molecule has 0 radical (unpaired) electrons. The molecule has 1 saturated carbocycles. The molecule has 1 rings (SSSR count). The minimum absolute atomic E-state index is 0.451. The van der Waals surface area contributed by atoms with Crippen LogP contribution in [0.4, 0.5) is 0 Å². The average Bonchev–Trinajstić information content (AvgIpc) is 3.01. The van der Waals surface area contributed by atoms with Gasteiger partial charge in [0.05, 0.1) is 0 Å². The van der Waals surface area contributed by atoms with Crippen molar-refractivity contribution in [2.24, 2.45) is 5.41 Å². The summed E-state index contributed by atoms with van der Waals surface area (Å²) in [5.41, 5.74) is 0.451. The minimum atomic E-state index is 0.451. The van der Waals surface area contributed by atoms with Crippen LogP contribution in [0, 0.1) is 5.41 Å². The molecule has 0 saturated heterocycles.